The third-order valence-corrected chi connectivity index (χ3v) is 1.96. The third-order valence-electron chi connectivity index (χ3n) is 1.96. The standard InChI is InChI=1S/C10H15NO3/c1-8-6-11-7-9(8)10(13)14-5-3-2-4-12/h6-7,11-12H,2-5H2,1H3. The number of esters is 1. The molecular formula is C10H15NO3. The SMILES string of the molecule is Cc1c[nH]cc1C(=O)OCCCCO. The second-order valence-corrected chi connectivity index (χ2v) is 3.12. The van der Waals surface area contributed by atoms with Crippen LogP contribution >= 0.6 is 0 Å². The molecule has 4 heteroatoms. The topological polar surface area (TPSA) is 62.3 Å². The monoisotopic (exact) mass is 197 g/mol. The zero-order valence-electron chi connectivity index (χ0n) is 8.25. The molecule has 0 fully saturated rings. The van der Waals surface area contributed by atoms with Gasteiger partial charge in [0.1, 0.15) is 0 Å². The molecule has 1 aromatic rings. The molecule has 0 amide bonds. The molecule has 1 heterocycles. The summed E-state index contributed by atoms with van der Waals surface area (Å²) in [7, 11) is 0. The number of ether oxygens (including phenoxy) is 1. The lowest BCUT2D eigenvalue weighted by Crippen LogP contribution is -2.07. The lowest BCUT2D eigenvalue weighted by Gasteiger charge is -2.02. The molecule has 0 radical (unpaired) electrons. The largest absolute Gasteiger partial charge is 0.462 e. The van der Waals surface area contributed by atoms with E-state index in [-0.39, 0.29) is 12.6 Å². The van der Waals surface area contributed by atoms with E-state index in [0.29, 0.717) is 25.0 Å². The van der Waals surface area contributed by atoms with Crippen LogP contribution in [0.25, 0.3) is 0 Å². The Balaban J connectivity index is 2.32. The van der Waals surface area contributed by atoms with Crippen LogP contribution < -0.4 is 0 Å². The molecule has 0 saturated heterocycles. The van der Waals surface area contributed by atoms with Gasteiger partial charge in [-0.25, -0.2) is 4.79 Å². The molecule has 1 aromatic heterocycles. The van der Waals surface area contributed by atoms with Crippen LogP contribution in [0.2, 0.25) is 0 Å². The Hall–Kier alpha value is -1.29. The van der Waals surface area contributed by atoms with Gasteiger partial charge in [0.15, 0.2) is 0 Å². The summed E-state index contributed by atoms with van der Waals surface area (Å²) in [5.74, 6) is -0.304. The van der Waals surface area contributed by atoms with Crippen molar-refractivity contribution in [2.24, 2.45) is 0 Å². The number of aromatic amines is 1. The van der Waals surface area contributed by atoms with Gasteiger partial charge >= 0.3 is 5.97 Å². The van der Waals surface area contributed by atoms with Crippen LogP contribution in [0.5, 0.6) is 0 Å². The predicted molar refractivity (Wildman–Crippen MR) is 52.1 cm³/mol. The van der Waals surface area contributed by atoms with Crippen LogP contribution in [-0.4, -0.2) is 29.3 Å². The van der Waals surface area contributed by atoms with E-state index in [9.17, 15) is 4.79 Å². The van der Waals surface area contributed by atoms with Crippen molar-refractivity contribution in [2.75, 3.05) is 13.2 Å². The summed E-state index contributed by atoms with van der Waals surface area (Å²) in [6.45, 7) is 2.35. The summed E-state index contributed by atoms with van der Waals surface area (Å²) < 4.78 is 5.00. The molecule has 4 nitrogen and oxygen atoms in total. The van der Waals surface area contributed by atoms with Crippen molar-refractivity contribution >= 4 is 5.97 Å². The maximum absolute atomic E-state index is 11.4. The Morgan fingerprint density at radius 3 is 2.86 bits per heavy atom. The van der Waals surface area contributed by atoms with E-state index in [4.69, 9.17) is 9.84 Å². The van der Waals surface area contributed by atoms with Crippen molar-refractivity contribution in [2.45, 2.75) is 19.8 Å². The number of unbranched alkanes of at least 4 members (excludes halogenated alkanes) is 1. The highest BCUT2D eigenvalue weighted by atomic mass is 16.5. The number of aryl methyl sites for hydroxylation is 1. The first kappa shape index (κ1) is 10.8. The van der Waals surface area contributed by atoms with Crippen LogP contribution in [0.4, 0.5) is 0 Å². The van der Waals surface area contributed by atoms with Crippen molar-refractivity contribution < 1.29 is 14.6 Å². The molecule has 0 bridgehead atoms. The molecule has 0 aliphatic carbocycles. The Labute approximate surface area is 82.9 Å². The first-order valence-electron chi connectivity index (χ1n) is 4.67. The molecule has 0 aromatic carbocycles. The van der Waals surface area contributed by atoms with Gasteiger partial charge in [0.05, 0.1) is 12.2 Å². The highest BCUT2D eigenvalue weighted by Gasteiger charge is 2.10. The quantitative estimate of drug-likeness (QED) is 0.551. The zero-order chi connectivity index (χ0) is 10.4. The van der Waals surface area contributed by atoms with Gasteiger partial charge in [0.25, 0.3) is 0 Å². The van der Waals surface area contributed by atoms with E-state index >= 15 is 0 Å². The summed E-state index contributed by atoms with van der Waals surface area (Å²) in [5, 5.41) is 8.51. The van der Waals surface area contributed by atoms with Crippen molar-refractivity contribution in [3.63, 3.8) is 0 Å². The minimum atomic E-state index is -0.304. The fourth-order valence-electron chi connectivity index (χ4n) is 1.12. The molecule has 0 unspecified atom stereocenters. The molecule has 0 spiro atoms. The zero-order valence-corrected chi connectivity index (χ0v) is 8.25. The smallest absolute Gasteiger partial charge is 0.339 e. The van der Waals surface area contributed by atoms with E-state index in [2.05, 4.69) is 4.98 Å². The van der Waals surface area contributed by atoms with E-state index in [1.807, 2.05) is 6.92 Å². The van der Waals surface area contributed by atoms with Crippen molar-refractivity contribution in [1.82, 2.24) is 4.98 Å². The van der Waals surface area contributed by atoms with E-state index in [1.54, 1.807) is 12.4 Å². The summed E-state index contributed by atoms with van der Waals surface area (Å²) in [6.07, 6.45) is 4.75. The number of carbonyl (C=O) groups excluding carboxylic acids is 1. The minimum Gasteiger partial charge on any atom is -0.462 e. The average Bonchev–Trinajstić information content (AvgIpc) is 2.59. The summed E-state index contributed by atoms with van der Waals surface area (Å²) in [6, 6.07) is 0. The lowest BCUT2D eigenvalue weighted by molar-refractivity contribution is 0.0492. The summed E-state index contributed by atoms with van der Waals surface area (Å²) in [5.41, 5.74) is 1.46. The van der Waals surface area contributed by atoms with Gasteiger partial charge in [-0.1, -0.05) is 0 Å². The van der Waals surface area contributed by atoms with E-state index in [0.717, 1.165) is 5.56 Å². The molecule has 0 atom stereocenters. The highest BCUT2D eigenvalue weighted by molar-refractivity contribution is 5.90. The van der Waals surface area contributed by atoms with Crippen LogP contribution in [0.15, 0.2) is 12.4 Å². The van der Waals surface area contributed by atoms with Crippen LogP contribution in [0.1, 0.15) is 28.8 Å². The molecule has 78 valence electrons. The Bertz CT molecular complexity index is 293. The number of hydrogen-bond acceptors (Lipinski definition) is 3. The normalized spacial score (nSPS) is 10.1. The fraction of sp³-hybridized carbons (Fsp3) is 0.500. The number of nitrogens with one attached hydrogen (secondary N) is 1. The van der Waals surface area contributed by atoms with Gasteiger partial charge in [0, 0.05) is 19.0 Å². The van der Waals surface area contributed by atoms with Crippen LogP contribution in [0.3, 0.4) is 0 Å². The number of H-pyrrole nitrogens is 1. The van der Waals surface area contributed by atoms with Gasteiger partial charge < -0.3 is 14.8 Å². The average molecular weight is 197 g/mol. The summed E-state index contributed by atoms with van der Waals surface area (Å²) in [4.78, 5) is 14.2. The maximum Gasteiger partial charge on any atom is 0.339 e. The Kier molecular flexibility index (Phi) is 4.19. The first-order chi connectivity index (χ1) is 6.75. The molecule has 2 N–H and O–H groups in total. The third kappa shape index (κ3) is 2.88. The Morgan fingerprint density at radius 2 is 2.29 bits per heavy atom. The van der Waals surface area contributed by atoms with Crippen molar-refractivity contribution in [3.8, 4) is 0 Å². The number of aliphatic hydroxyl groups excluding tert-OH is 1. The number of rotatable bonds is 5. The number of hydrogen-bond donors (Lipinski definition) is 2. The number of aromatic nitrogens is 1. The Morgan fingerprint density at radius 1 is 1.50 bits per heavy atom. The molecule has 14 heavy (non-hydrogen) atoms. The van der Waals surface area contributed by atoms with Crippen LogP contribution in [-0.2, 0) is 4.74 Å². The molecular weight excluding hydrogens is 182 g/mol. The summed E-state index contributed by atoms with van der Waals surface area (Å²) >= 11 is 0. The second kappa shape index (κ2) is 5.44. The molecule has 0 saturated carbocycles. The number of aliphatic hydroxyl groups is 1. The maximum atomic E-state index is 11.4. The van der Waals surface area contributed by atoms with Crippen LogP contribution in [0, 0.1) is 6.92 Å². The van der Waals surface area contributed by atoms with Crippen molar-refractivity contribution in [1.29, 1.82) is 0 Å². The lowest BCUT2D eigenvalue weighted by atomic mass is 10.2. The molecule has 0 aliphatic heterocycles. The minimum absolute atomic E-state index is 0.140. The first-order valence-corrected chi connectivity index (χ1v) is 4.67. The second-order valence-electron chi connectivity index (χ2n) is 3.12. The van der Waals surface area contributed by atoms with Gasteiger partial charge in [-0.05, 0) is 25.3 Å². The van der Waals surface area contributed by atoms with Gasteiger partial charge in [-0.15, -0.1) is 0 Å². The van der Waals surface area contributed by atoms with Crippen molar-refractivity contribution in [3.05, 3.63) is 23.5 Å². The van der Waals surface area contributed by atoms with Gasteiger partial charge in [-0.3, -0.25) is 0 Å². The van der Waals surface area contributed by atoms with E-state index < -0.39 is 0 Å². The van der Waals surface area contributed by atoms with Gasteiger partial charge in [0.2, 0.25) is 0 Å². The van der Waals surface area contributed by atoms with Gasteiger partial charge in [-0.2, -0.15) is 0 Å². The molecule has 0 aliphatic rings. The molecule has 1 rings (SSSR count). The predicted octanol–water partition coefficient (Wildman–Crippen LogP) is 1.25. The number of carbonyl (C=O) groups is 1. The fourth-order valence-corrected chi connectivity index (χ4v) is 1.12. The highest BCUT2D eigenvalue weighted by Crippen LogP contribution is 2.07. The van der Waals surface area contributed by atoms with E-state index in [1.165, 1.54) is 0 Å².